The Bertz CT molecular complexity index is 527. The van der Waals surface area contributed by atoms with Gasteiger partial charge in [-0.15, -0.1) is 0 Å². The minimum atomic E-state index is -3.32. The first-order valence-corrected chi connectivity index (χ1v) is 9.04. The Hall–Kier alpha value is -0.390. The minimum Gasteiger partial charge on any atom is -0.327 e. The van der Waals surface area contributed by atoms with Crippen molar-refractivity contribution >= 4 is 25.8 Å². The molecule has 3 unspecified atom stereocenters. The lowest BCUT2D eigenvalue weighted by Crippen LogP contribution is -2.45. The number of benzene rings is 1. The fraction of sp³-hybridized carbons (Fsp3) is 0.571. The van der Waals surface area contributed by atoms with Crippen molar-refractivity contribution in [1.82, 2.24) is 0 Å². The van der Waals surface area contributed by atoms with Crippen LogP contribution in [0.25, 0.3) is 0 Å². The number of halogens is 1. The normalized spacial score (nSPS) is 28.3. The predicted molar refractivity (Wildman–Crippen MR) is 80.7 cm³/mol. The zero-order valence-corrected chi connectivity index (χ0v) is 13.5. The van der Waals surface area contributed by atoms with Crippen LogP contribution in [0.15, 0.2) is 33.6 Å². The van der Waals surface area contributed by atoms with Gasteiger partial charge in [-0.25, -0.2) is 8.42 Å². The smallest absolute Gasteiger partial charge is 0.182 e. The Morgan fingerprint density at radius 1 is 1.26 bits per heavy atom. The van der Waals surface area contributed by atoms with E-state index >= 15 is 0 Å². The highest BCUT2D eigenvalue weighted by atomic mass is 79.9. The zero-order valence-electron chi connectivity index (χ0n) is 11.0. The number of hydrogen-bond acceptors (Lipinski definition) is 3. The first-order chi connectivity index (χ1) is 8.95. The van der Waals surface area contributed by atoms with Crippen LogP contribution in [0.5, 0.6) is 0 Å². The predicted octanol–water partition coefficient (Wildman–Crippen LogP) is 3.13. The summed E-state index contributed by atoms with van der Waals surface area (Å²) >= 11 is 3.32. The molecule has 1 aliphatic rings. The molecule has 19 heavy (non-hydrogen) atoms. The van der Waals surface area contributed by atoms with Crippen molar-refractivity contribution in [1.29, 1.82) is 0 Å². The molecule has 0 radical (unpaired) electrons. The maximum absolute atomic E-state index is 12.7. The number of hydrogen-bond donors (Lipinski definition) is 1. The highest BCUT2D eigenvalue weighted by Crippen LogP contribution is 2.33. The minimum absolute atomic E-state index is 0.239. The second kappa shape index (κ2) is 5.94. The maximum atomic E-state index is 12.7. The van der Waals surface area contributed by atoms with Gasteiger partial charge in [-0.05, 0) is 49.4 Å². The van der Waals surface area contributed by atoms with E-state index in [1.807, 2.05) is 0 Å². The first kappa shape index (κ1) is 15.0. The maximum Gasteiger partial charge on any atom is 0.182 e. The summed E-state index contributed by atoms with van der Waals surface area (Å²) in [5, 5.41) is -0.438. The Balaban J connectivity index is 2.29. The van der Waals surface area contributed by atoms with E-state index in [9.17, 15) is 8.42 Å². The molecule has 2 N–H and O–H groups in total. The van der Waals surface area contributed by atoms with Crippen LogP contribution in [0.1, 0.15) is 32.6 Å². The quantitative estimate of drug-likeness (QED) is 0.915. The van der Waals surface area contributed by atoms with Crippen molar-refractivity contribution in [3.8, 4) is 0 Å². The summed E-state index contributed by atoms with van der Waals surface area (Å²) < 4.78 is 26.2. The third kappa shape index (κ3) is 3.20. The van der Waals surface area contributed by atoms with Gasteiger partial charge < -0.3 is 5.73 Å². The van der Waals surface area contributed by atoms with Crippen LogP contribution < -0.4 is 5.73 Å². The molecule has 0 aliphatic heterocycles. The highest BCUT2D eigenvalue weighted by molar-refractivity contribution is 9.10. The van der Waals surface area contributed by atoms with E-state index in [0.717, 1.165) is 23.7 Å². The third-order valence-electron chi connectivity index (χ3n) is 4.07. The number of sulfone groups is 1. The van der Waals surface area contributed by atoms with Crippen molar-refractivity contribution in [2.45, 2.75) is 48.8 Å². The molecule has 0 spiro atoms. The third-order valence-corrected chi connectivity index (χ3v) is 6.87. The van der Waals surface area contributed by atoms with E-state index in [2.05, 4.69) is 22.9 Å². The van der Waals surface area contributed by atoms with Gasteiger partial charge in [-0.3, -0.25) is 0 Å². The topological polar surface area (TPSA) is 60.2 Å². The van der Waals surface area contributed by atoms with Gasteiger partial charge in [-0.2, -0.15) is 0 Å². The van der Waals surface area contributed by atoms with Crippen molar-refractivity contribution in [3.63, 3.8) is 0 Å². The summed E-state index contributed by atoms with van der Waals surface area (Å²) in [5.41, 5.74) is 6.06. The van der Waals surface area contributed by atoms with Crippen LogP contribution in [0, 0.1) is 5.92 Å². The number of rotatable bonds is 3. The Morgan fingerprint density at radius 2 is 1.89 bits per heavy atom. The lowest BCUT2D eigenvalue weighted by Gasteiger charge is -2.33. The lowest BCUT2D eigenvalue weighted by atomic mass is 9.84. The van der Waals surface area contributed by atoms with Gasteiger partial charge in [-0.1, -0.05) is 29.3 Å². The van der Waals surface area contributed by atoms with Crippen LogP contribution >= 0.6 is 15.9 Å². The SMILES string of the molecule is CCC1CCC(N)C(S(=O)(=O)c2ccc(Br)cc2)C1. The van der Waals surface area contributed by atoms with E-state index < -0.39 is 15.1 Å². The molecule has 1 aromatic carbocycles. The summed E-state index contributed by atoms with van der Waals surface area (Å²) in [6.07, 6.45) is 3.57. The van der Waals surface area contributed by atoms with Gasteiger partial charge >= 0.3 is 0 Å². The summed E-state index contributed by atoms with van der Waals surface area (Å²) in [5.74, 6) is 0.482. The molecule has 3 nitrogen and oxygen atoms in total. The summed E-state index contributed by atoms with van der Waals surface area (Å²) in [6, 6.07) is 6.59. The molecule has 2 rings (SSSR count). The average Bonchev–Trinajstić information content (AvgIpc) is 2.39. The Morgan fingerprint density at radius 3 is 2.47 bits per heavy atom. The second-order valence-corrected chi connectivity index (χ2v) is 8.37. The zero-order chi connectivity index (χ0) is 14.0. The molecule has 0 amide bonds. The fourth-order valence-corrected chi connectivity index (χ4v) is 5.01. The van der Waals surface area contributed by atoms with E-state index in [0.29, 0.717) is 17.2 Å². The molecule has 3 atom stereocenters. The molecule has 106 valence electrons. The summed E-state index contributed by atoms with van der Waals surface area (Å²) in [6.45, 7) is 2.12. The van der Waals surface area contributed by atoms with Crippen LogP contribution in [-0.2, 0) is 9.84 Å². The fourth-order valence-electron chi connectivity index (χ4n) is 2.76. The van der Waals surface area contributed by atoms with E-state index in [4.69, 9.17) is 5.73 Å². The van der Waals surface area contributed by atoms with Crippen LogP contribution in [-0.4, -0.2) is 19.7 Å². The van der Waals surface area contributed by atoms with E-state index in [1.54, 1.807) is 24.3 Å². The van der Waals surface area contributed by atoms with Crippen LogP contribution in [0.4, 0.5) is 0 Å². The second-order valence-electron chi connectivity index (χ2n) is 5.29. The molecule has 0 aromatic heterocycles. The van der Waals surface area contributed by atoms with Crippen molar-refractivity contribution in [2.24, 2.45) is 11.7 Å². The standard InChI is InChI=1S/C14H20BrNO2S/c1-2-10-3-8-13(16)14(9-10)19(17,18)12-6-4-11(15)5-7-12/h4-7,10,13-14H,2-3,8-9,16H2,1H3. The van der Waals surface area contributed by atoms with Crippen molar-refractivity contribution < 1.29 is 8.42 Å². The lowest BCUT2D eigenvalue weighted by molar-refractivity contribution is 0.319. The Labute approximate surface area is 123 Å². The summed E-state index contributed by atoms with van der Waals surface area (Å²) in [4.78, 5) is 0.382. The molecule has 0 bridgehead atoms. The monoisotopic (exact) mass is 345 g/mol. The van der Waals surface area contributed by atoms with Gasteiger partial charge in [0.2, 0.25) is 0 Å². The van der Waals surface area contributed by atoms with E-state index in [-0.39, 0.29) is 6.04 Å². The van der Waals surface area contributed by atoms with Crippen molar-refractivity contribution in [2.75, 3.05) is 0 Å². The van der Waals surface area contributed by atoms with Gasteiger partial charge in [0.25, 0.3) is 0 Å². The molecule has 1 fully saturated rings. The number of nitrogens with two attached hydrogens (primary N) is 1. The molecule has 5 heteroatoms. The van der Waals surface area contributed by atoms with Gasteiger partial charge in [0.1, 0.15) is 0 Å². The largest absolute Gasteiger partial charge is 0.327 e. The van der Waals surface area contributed by atoms with Gasteiger partial charge in [0, 0.05) is 10.5 Å². The van der Waals surface area contributed by atoms with Crippen LogP contribution in [0.2, 0.25) is 0 Å². The van der Waals surface area contributed by atoms with Gasteiger partial charge in [0.05, 0.1) is 10.1 Å². The molecular weight excluding hydrogens is 326 g/mol. The molecule has 0 saturated heterocycles. The van der Waals surface area contributed by atoms with E-state index in [1.165, 1.54) is 0 Å². The Kier molecular flexibility index (Phi) is 4.69. The van der Waals surface area contributed by atoms with Crippen LogP contribution in [0.3, 0.4) is 0 Å². The summed E-state index contributed by atoms with van der Waals surface area (Å²) in [7, 11) is -3.32. The molecular formula is C14H20BrNO2S. The molecule has 1 aliphatic carbocycles. The average molecular weight is 346 g/mol. The van der Waals surface area contributed by atoms with Crippen molar-refractivity contribution in [3.05, 3.63) is 28.7 Å². The van der Waals surface area contributed by atoms with Gasteiger partial charge in [0.15, 0.2) is 9.84 Å². The molecule has 1 saturated carbocycles. The highest BCUT2D eigenvalue weighted by Gasteiger charge is 2.37. The molecule has 1 aromatic rings. The molecule has 0 heterocycles. The first-order valence-electron chi connectivity index (χ1n) is 6.70.